The first-order chi connectivity index (χ1) is 35.0. The van der Waals surface area contributed by atoms with Crippen molar-refractivity contribution >= 4 is 17.1 Å². The lowest BCUT2D eigenvalue weighted by Gasteiger charge is -2.31. The standard InChI is InChI=1S/C70H49N/c1-69(2)60-31-15-12-26-55(60)56-42-41-52(45-65(56)69)71(66-43-38-50(46-20-6-3-7-21-46)44-59(66)48-24-10-5-11-25-48)51-39-36-49(37-40-51)54-30-19-35-64-68(54)58-28-14-17-33-62(58)70(64)61-32-16-13-27-57(61)67-53(29-18-34-63(67)70)47-22-8-4-9-23-47/h3-45H,1-2H3. The predicted molar refractivity (Wildman–Crippen MR) is 297 cm³/mol. The number of nitrogens with zero attached hydrogens (tertiary/aromatic N) is 1. The molecule has 1 spiro atoms. The number of hydrogen-bond donors (Lipinski definition) is 0. The average Bonchev–Trinajstić information content (AvgIpc) is 4.02. The van der Waals surface area contributed by atoms with Gasteiger partial charge in [0.05, 0.1) is 11.1 Å². The minimum atomic E-state index is -0.462. The molecule has 0 bridgehead atoms. The Bertz CT molecular complexity index is 3880. The first kappa shape index (κ1) is 41.2. The summed E-state index contributed by atoms with van der Waals surface area (Å²) in [5.41, 5.74) is 28.4. The van der Waals surface area contributed by atoms with Crippen LogP contribution in [0.15, 0.2) is 261 Å². The van der Waals surface area contributed by atoms with Crippen LogP contribution >= 0.6 is 0 Å². The summed E-state index contributed by atoms with van der Waals surface area (Å²) in [6.45, 7) is 4.74. The molecule has 334 valence electrons. The van der Waals surface area contributed by atoms with Gasteiger partial charge in [0.2, 0.25) is 0 Å². The molecule has 71 heavy (non-hydrogen) atoms. The van der Waals surface area contributed by atoms with Crippen molar-refractivity contribution in [3.05, 3.63) is 294 Å². The summed E-state index contributed by atoms with van der Waals surface area (Å²) >= 11 is 0. The van der Waals surface area contributed by atoms with E-state index in [0.717, 1.165) is 17.1 Å². The summed E-state index contributed by atoms with van der Waals surface area (Å²) < 4.78 is 0. The third kappa shape index (κ3) is 6.06. The number of fused-ring (bicyclic) bond motifs is 13. The monoisotopic (exact) mass is 903 g/mol. The Kier molecular flexibility index (Phi) is 9.22. The molecule has 1 nitrogen and oxygen atoms in total. The quantitative estimate of drug-likeness (QED) is 0.154. The Hall–Kier alpha value is -8.78. The highest BCUT2D eigenvalue weighted by Crippen LogP contribution is 2.65. The highest BCUT2D eigenvalue weighted by molar-refractivity contribution is 6.03. The SMILES string of the molecule is CC1(C)c2ccccc2-c2ccc(N(c3ccc(-c4cccc5c4-c4ccccc4C54c5ccccc5-c5c(-c6ccccc6)cccc54)cc3)c3ccc(-c4ccccc4)cc3-c3ccccc3)cc21. The van der Waals surface area contributed by atoms with Gasteiger partial charge in [0.15, 0.2) is 0 Å². The number of rotatable bonds is 7. The zero-order valence-electron chi connectivity index (χ0n) is 39.8. The fraction of sp³-hybridized carbons (Fsp3) is 0.0571. The van der Waals surface area contributed by atoms with E-state index in [1.54, 1.807) is 0 Å². The van der Waals surface area contributed by atoms with Gasteiger partial charge in [0.25, 0.3) is 0 Å². The molecule has 0 aromatic heterocycles. The van der Waals surface area contributed by atoms with E-state index in [4.69, 9.17) is 0 Å². The normalized spacial score (nSPS) is 15.1. The van der Waals surface area contributed by atoms with Crippen molar-refractivity contribution in [1.29, 1.82) is 0 Å². The van der Waals surface area contributed by atoms with Gasteiger partial charge in [-0.25, -0.2) is 0 Å². The zero-order chi connectivity index (χ0) is 47.3. The maximum atomic E-state index is 2.48. The Morgan fingerprint density at radius 3 is 1.27 bits per heavy atom. The van der Waals surface area contributed by atoms with Crippen molar-refractivity contribution in [2.75, 3.05) is 4.90 Å². The lowest BCUT2D eigenvalue weighted by atomic mass is 9.70. The van der Waals surface area contributed by atoms with Gasteiger partial charge in [-0.05, 0) is 142 Å². The molecule has 14 rings (SSSR count). The zero-order valence-corrected chi connectivity index (χ0v) is 39.8. The van der Waals surface area contributed by atoms with Gasteiger partial charge in [0, 0.05) is 22.4 Å². The van der Waals surface area contributed by atoms with Gasteiger partial charge in [-0.3, -0.25) is 0 Å². The van der Waals surface area contributed by atoms with Gasteiger partial charge in [-0.15, -0.1) is 0 Å². The Labute approximate surface area is 416 Å². The van der Waals surface area contributed by atoms with Gasteiger partial charge in [0.1, 0.15) is 0 Å². The molecule has 0 saturated heterocycles. The van der Waals surface area contributed by atoms with E-state index in [1.165, 1.54) is 111 Å². The molecule has 1 unspecified atom stereocenters. The van der Waals surface area contributed by atoms with E-state index >= 15 is 0 Å². The van der Waals surface area contributed by atoms with Crippen molar-refractivity contribution in [1.82, 2.24) is 0 Å². The molecule has 0 aliphatic heterocycles. The molecule has 0 N–H and O–H groups in total. The van der Waals surface area contributed by atoms with E-state index in [-0.39, 0.29) is 5.41 Å². The summed E-state index contributed by atoms with van der Waals surface area (Å²) in [5, 5.41) is 0. The first-order valence-corrected chi connectivity index (χ1v) is 24.9. The molecule has 0 radical (unpaired) electrons. The molecular formula is C70H49N. The van der Waals surface area contributed by atoms with E-state index in [0.29, 0.717) is 0 Å². The van der Waals surface area contributed by atoms with Crippen LogP contribution in [0, 0.1) is 0 Å². The van der Waals surface area contributed by atoms with Crippen molar-refractivity contribution in [3.8, 4) is 77.9 Å². The maximum absolute atomic E-state index is 2.48. The fourth-order valence-electron chi connectivity index (χ4n) is 12.8. The number of anilines is 3. The molecule has 3 aliphatic carbocycles. The molecular weight excluding hydrogens is 855 g/mol. The van der Waals surface area contributed by atoms with E-state index in [1.807, 2.05) is 0 Å². The van der Waals surface area contributed by atoms with Crippen LogP contribution in [0.25, 0.3) is 77.9 Å². The van der Waals surface area contributed by atoms with Crippen molar-refractivity contribution in [3.63, 3.8) is 0 Å². The molecule has 0 fully saturated rings. The van der Waals surface area contributed by atoms with Crippen LogP contribution in [-0.4, -0.2) is 0 Å². The summed E-state index contributed by atoms with van der Waals surface area (Å²) in [7, 11) is 0. The Morgan fingerprint density at radius 1 is 0.254 bits per heavy atom. The van der Waals surface area contributed by atoms with Crippen LogP contribution in [0.1, 0.15) is 47.2 Å². The molecule has 1 heteroatoms. The van der Waals surface area contributed by atoms with E-state index in [9.17, 15) is 0 Å². The van der Waals surface area contributed by atoms with E-state index < -0.39 is 5.41 Å². The minimum absolute atomic E-state index is 0.151. The summed E-state index contributed by atoms with van der Waals surface area (Å²) in [6, 6.07) is 97.2. The fourth-order valence-corrected chi connectivity index (χ4v) is 12.8. The van der Waals surface area contributed by atoms with Gasteiger partial charge >= 0.3 is 0 Å². The maximum Gasteiger partial charge on any atom is 0.0725 e. The minimum Gasteiger partial charge on any atom is -0.310 e. The molecule has 3 aliphatic rings. The molecule has 1 atom stereocenters. The van der Waals surface area contributed by atoms with Crippen molar-refractivity contribution in [2.45, 2.75) is 24.7 Å². The van der Waals surface area contributed by atoms with Crippen LogP contribution in [-0.2, 0) is 10.8 Å². The summed E-state index contributed by atoms with van der Waals surface area (Å²) in [6.07, 6.45) is 0. The second-order valence-electron chi connectivity index (χ2n) is 19.9. The first-order valence-electron chi connectivity index (χ1n) is 24.9. The van der Waals surface area contributed by atoms with Crippen LogP contribution in [0.2, 0.25) is 0 Å². The van der Waals surface area contributed by atoms with Crippen molar-refractivity contribution < 1.29 is 0 Å². The molecule has 0 amide bonds. The molecule has 11 aromatic rings. The smallest absolute Gasteiger partial charge is 0.0725 e. The van der Waals surface area contributed by atoms with Crippen molar-refractivity contribution in [2.24, 2.45) is 0 Å². The van der Waals surface area contributed by atoms with Gasteiger partial charge in [-0.2, -0.15) is 0 Å². The van der Waals surface area contributed by atoms with Crippen LogP contribution < -0.4 is 4.90 Å². The van der Waals surface area contributed by atoms with Gasteiger partial charge in [-0.1, -0.05) is 238 Å². The third-order valence-corrected chi connectivity index (χ3v) is 15.9. The highest BCUT2D eigenvalue weighted by atomic mass is 15.1. The largest absolute Gasteiger partial charge is 0.310 e. The average molecular weight is 904 g/mol. The second-order valence-corrected chi connectivity index (χ2v) is 19.9. The van der Waals surface area contributed by atoms with Crippen LogP contribution in [0.3, 0.4) is 0 Å². The summed E-state index contributed by atoms with van der Waals surface area (Å²) in [5.74, 6) is 0. The molecule has 11 aromatic carbocycles. The summed E-state index contributed by atoms with van der Waals surface area (Å²) in [4.78, 5) is 2.48. The van der Waals surface area contributed by atoms with Crippen LogP contribution in [0.5, 0.6) is 0 Å². The molecule has 0 heterocycles. The highest BCUT2D eigenvalue weighted by Gasteiger charge is 2.52. The Balaban J connectivity index is 0.954. The third-order valence-electron chi connectivity index (χ3n) is 15.9. The number of hydrogen-bond acceptors (Lipinski definition) is 1. The van der Waals surface area contributed by atoms with Crippen LogP contribution in [0.4, 0.5) is 17.1 Å². The predicted octanol–water partition coefficient (Wildman–Crippen LogP) is 18.5. The molecule has 0 saturated carbocycles. The lowest BCUT2D eigenvalue weighted by molar-refractivity contribution is 0.660. The lowest BCUT2D eigenvalue weighted by Crippen LogP contribution is -2.25. The Morgan fingerprint density at radius 2 is 0.676 bits per heavy atom. The van der Waals surface area contributed by atoms with Gasteiger partial charge < -0.3 is 4.90 Å². The second kappa shape index (κ2) is 15.9. The topological polar surface area (TPSA) is 3.24 Å². The number of benzene rings is 11. The van der Waals surface area contributed by atoms with E-state index in [2.05, 4.69) is 280 Å².